The second kappa shape index (κ2) is 8.37. The molecule has 0 aromatic heterocycles. The number of likely N-dealkylation sites (tertiary alicyclic amines) is 1. The third kappa shape index (κ3) is 6.26. The molecule has 0 aliphatic carbocycles. The van der Waals surface area contributed by atoms with Crippen LogP contribution in [0.4, 0.5) is 4.79 Å². The van der Waals surface area contributed by atoms with Crippen LogP contribution < -0.4 is 0 Å². The minimum Gasteiger partial charge on any atom is -0.444 e. The normalized spacial score (nSPS) is 18.2. The van der Waals surface area contributed by atoms with E-state index in [2.05, 4.69) is 0 Å². The first-order chi connectivity index (χ1) is 12.1. The van der Waals surface area contributed by atoms with Crippen molar-refractivity contribution in [1.29, 1.82) is 0 Å². The van der Waals surface area contributed by atoms with Gasteiger partial charge in [-0.1, -0.05) is 17.7 Å². The molecule has 0 spiro atoms. The standard InChI is InChI=1S/C18H27NO6S/c1-14-5-7-16(8-6-14)26(21,22)24-12-11-23-15-9-10-19(13-15)17(20)25-18(2,3)4/h5-8,15H,9-13H2,1-4H3. The molecule has 1 aliphatic heterocycles. The Kier molecular flexibility index (Phi) is 6.65. The van der Waals surface area contributed by atoms with Crippen molar-refractivity contribution in [2.75, 3.05) is 26.3 Å². The van der Waals surface area contributed by atoms with Crippen LogP contribution >= 0.6 is 0 Å². The Bertz CT molecular complexity index is 708. The molecule has 146 valence electrons. The lowest BCUT2D eigenvalue weighted by atomic mass is 10.2. The number of hydrogen-bond acceptors (Lipinski definition) is 6. The van der Waals surface area contributed by atoms with Crippen LogP contribution in [0.15, 0.2) is 29.2 Å². The van der Waals surface area contributed by atoms with Gasteiger partial charge in [0.25, 0.3) is 10.1 Å². The molecule has 1 atom stereocenters. The van der Waals surface area contributed by atoms with Crippen LogP contribution in [0.3, 0.4) is 0 Å². The lowest BCUT2D eigenvalue weighted by Gasteiger charge is -2.24. The van der Waals surface area contributed by atoms with Crippen molar-refractivity contribution in [3.05, 3.63) is 29.8 Å². The van der Waals surface area contributed by atoms with Crippen LogP contribution in [0.5, 0.6) is 0 Å². The van der Waals surface area contributed by atoms with Crippen molar-refractivity contribution in [2.24, 2.45) is 0 Å². The van der Waals surface area contributed by atoms with E-state index in [1.807, 2.05) is 27.7 Å². The molecule has 1 unspecified atom stereocenters. The number of rotatable bonds is 6. The summed E-state index contributed by atoms with van der Waals surface area (Å²) >= 11 is 0. The van der Waals surface area contributed by atoms with Gasteiger partial charge in [0.05, 0.1) is 30.8 Å². The lowest BCUT2D eigenvalue weighted by Crippen LogP contribution is -2.36. The Hall–Kier alpha value is -1.64. The number of benzene rings is 1. The molecule has 1 amide bonds. The van der Waals surface area contributed by atoms with E-state index in [1.165, 1.54) is 12.1 Å². The van der Waals surface area contributed by atoms with Crippen molar-refractivity contribution in [3.63, 3.8) is 0 Å². The predicted octanol–water partition coefficient (Wildman–Crippen LogP) is 2.73. The Morgan fingerprint density at radius 1 is 1.19 bits per heavy atom. The van der Waals surface area contributed by atoms with Gasteiger partial charge in [-0.2, -0.15) is 8.42 Å². The predicted molar refractivity (Wildman–Crippen MR) is 96.5 cm³/mol. The average Bonchev–Trinajstić information content (AvgIpc) is 2.99. The molecule has 0 saturated carbocycles. The monoisotopic (exact) mass is 385 g/mol. The summed E-state index contributed by atoms with van der Waals surface area (Å²) in [7, 11) is -3.78. The highest BCUT2D eigenvalue weighted by molar-refractivity contribution is 7.86. The van der Waals surface area contributed by atoms with Gasteiger partial charge in [-0.15, -0.1) is 0 Å². The number of nitrogens with zero attached hydrogens (tertiary/aromatic N) is 1. The number of ether oxygens (including phenoxy) is 2. The summed E-state index contributed by atoms with van der Waals surface area (Å²) in [4.78, 5) is 13.7. The molecule has 0 radical (unpaired) electrons. The number of carbonyl (C=O) groups is 1. The van der Waals surface area contributed by atoms with E-state index in [4.69, 9.17) is 13.7 Å². The van der Waals surface area contributed by atoms with E-state index in [0.717, 1.165) is 5.56 Å². The maximum atomic E-state index is 12.1. The maximum absolute atomic E-state index is 12.1. The van der Waals surface area contributed by atoms with Crippen molar-refractivity contribution in [2.45, 2.75) is 50.7 Å². The summed E-state index contributed by atoms with van der Waals surface area (Å²) in [5, 5.41) is 0. The highest BCUT2D eigenvalue weighted by Gasteiger charge is 2.30. The lowest BCUT2D eigenvalue weighted by molar-refractivity contribution is 0.0175. The molecule has 0 N–H and O–H groups in total. The topological polar surface area (TPSA) is 82.1 Å². The second-order valence-electron chi connectivity index (χ2n) is 7.30. The van der Waals surface area contributed by atoms with Gasteiger partial charge in [0.2, 0.25) is 0 Å². The maximum Gasteiger partial charge on any atom is 0.410 e. The largest absolute Gasteiger partial charge is 0.444 e. The molecule has 1 heterocycles. The Morgan fingerprint density at radius 3 is 2.46 bits per heavy atom. The second-order valence-corrected chi connectivity index (χ2v) is 8.91. The molecular formula is C18H27NO6S. The van der Waals surface area contributed by atoms with Gasteiger partial charge in [-0.25, -0.2) is 4.79 Å². The van der Waals surface area contributed by atoms with Crippen LogP contribution in [-0.2, 0) is 23.8 Å². The van der Waals surface area contributed by atoms with Crippen molar-refractivity contribution < 1.29 is 26.9 Å². The number of amides is 1. The van der Waals surface area contributed by atoms with Crippen LogP contribution in [0.1, 0.15) is 32.8 Å². The van der Waals surface area contributed by atoms with E-state index >= 15 is 0 Å². The smallest absolute Gasteiger partial charge is 0.410 e. The summed E-state index contributed by atoms with van der Waals surface area (Å²) in [6, 6.07) is 6.47. The first-order valence-corrected chi connectivity index (χ1v) is 10.0. The first-order valence-electron chi connectivity index (χ1n) is 8.62. The van der Waals surface area contributed by atoms with Crippen LogP contribution in [-0.4, -0.2) is 57.4 Å². The van der Waals surface area contributed by atoms with Gasteiger partial charge in [-0.3, -0.25) is 4.18 Å². The zero-order chi connectivity index (χ0) is 19.4. The quantitative estimate of drug-likeness (QED) is 0.553. The molecule has 1 aromatic rings. The molecule has 0 bridgehead atoms. The fourth-order valence-corrected chi connectivity index (χ4v) is 3.38. The van der Waals surface area contributed by atoms with Crippen LogP contribution in [0.25, 0.3) is 0 Å². The molecule has 7 nitrogen and oxygen atoms in total. The Balaban J connectivity index is 1.72. The molecule has 2 rings (SSSR count). The summed E-state index contributed by atoms with van der Waals surface area (Å²) in [5.41, 5.74) is 0.442. The molecule has 1 aromatic carbocycles. The van der Waals surface area contributed by atoms with E-state index in [0.29, 0.717) is 19.5 Å². The molecular weight excluding hydrogens is 358 g/mol. The fraction of sp³-hybridized carbons (Fsp3) is 0.611. The van der Waals surface area contributed by atoms with Crippen LogP contribution in [0, 0.1) is 6.92 Å². The zero-order valence-corrected chi connectivity index (χ0v) is 16.5. The summed E-state index contributed by atoms with van der Waals surface area (Å²) in [6.45, 7) is 8.40. The summed E-state index contributed by atoms with van der Waals surface area (Å²) in [5.74, 6) is 0. The van der Waals surface area contributed by atoms with E-state index in [1.54, 1.807) is 17.0 Å². The fourth-order valence-electron chi connectivity index (χ4n) is 2.49. The molecule has 26 heavy (non-hydrogen) atoms. The summed E-state index contributed by atoms with van der Waals surface area (Å²) < 4.78 is 40.1. The molecule has 1 aliphatic rings. The van der Waals surface area contributed by atoms with Crippen molar-refractivity contribution in [1.82, 2.24) is 4.90 Å². The Morgan fingerprint density at radius 2 is 1.85 bits per heavy atom. The van der Waals surface area contributed by atoms with Gasteiger partial charge in [0.1, 0.15) is 5.60 Å². The van der Waals surface area contributed by atoms with E-state index in [-0.39, 0.29) is 30.3 Å². The van der Waals surface area contributed by atoms with Gasteiger partial charge in [-0.05, 0) is 46.2 Å². The minimum atomic E-state index is -3.78. The van der Waals surface area contributed by atoms with Gasteiger partial charge >= 0.3 is 6.09 Å². The van der Waals surface area contributed by atoms with Gasteiger partial charge in [0.15, 0.2) is 0 Å². The molecule has 1 fully saturated rings. The Labute approximate surface area is 155 Å². The molecule has 8 heteroatoms. The number of carbonyl (C=O) groups excluding carboxylic acids is 1. The molecule has 1 saturated heterocycles. The SMILES string of the molecule is Cc1ccc(S(=O)(=O)OCCOC2CCN(C(=O)OC(C)(C)C)C2)cc1. The van der Waals surface area contributed by atoms with Crippen LogP contribution in [0.2, 0.25) is 0 Å². The van der Waals surface area contributed by atoms with E-state index < -0.39 is 15.7 Å². The number of hydrogen-bond donors (Lipinski definition) is 0. The number of aryl methyl sites for hydroxylation is 1. The highest BCUT2D eigenvalue weighted by Crippen LogP contribution is 2.17. The third-order valence-corrected chi connectivity index (χ3v) is 5.11. The average molecular weight is 385 g/mol. The highest BCUT2D eigenvalue weighted by atomic mass is 32.2. The van der Waals surface area contributed by atoms with Gasteiger partial charge in [0, 0.05) is 6.54 Å². The summed E-state index contributed by atoms with van der Waals surface area (Å²) in [6.07, 6.45) is 0.180. The van der Waals surface area contributed by atoms with Crippen molar-refractivity contribution >= 4 is 16.2 Å². The minimum absolute atomic E-state index is 0.0703. The van der Waals surface area contributed by atoms with E-state index in [9.17, 15) is 13.2 Å². The van der Waals surface area contributed by atoms with Gasteiger partial charge < -0.3 is 14.4 Å². The van der Waals surface area contributed by atoms with Crippen molar-refractivity contribution in [3.8, 4) is 0 Å². The first kappa shape index (κ1) is 20.7. The third-order valence-electron chi connectivity index (χ3n) is 3.78. The zero-order valence-electron chi connectivity index (χ0n) is 15.7.